The van der Waals surface area contributed by atoms with E-state index in [1.165, 1.54) is 43.2 Å². The van der Waals surface area contributed by atoms with E-state index in [4.69, 9.17) is 14.2 Å². The van der Waals surface area contributed by atoms with Gasteiger partial charge in [-0.05, 0) is 67.5 Å². The first kappa shape index (κ1) is 21.4. The van der Waals surface area contributed by atoms with Gasteiger partial charge in [-0.3, -0.25) is 4.79 Å². The molecule has 0 heterocycles. The van der Waals surface area contributed by atoms with Crippen LogP contribution in [0.1, 0.15) is 69.4 Å². The second-order valence-electron chi connectivity index (χ2n) is 7.68. The van der Waals surface area contributed by atoms with Gasteiger partial charge in [-0.1, -0.05) is 50.5 Å². The smallest absolute Gasteiger partial charge is 0.313 e. The molecule has 3 rings (SSSR count). The Morgan fingerprint density at radius 2 is 1.62 bits per heavy atom. The van der Waals surface area contributed by atoms with Crippen LogP contribution in [-0.4, -0.2) is 18.9 Å². The third-order valence-corrected chi connectivity index (χ3v) is 5.48. The summed E-state index contributed by atoms with van der Waals surface area (Å²) in [7, 11) is 0. The van der Waals surface area contributed by atoms with Crippen molar-refractivity contribution in [3.63, 3.8) is 0 Å². The van der Waals surface area contributed by atoms with Crippen LogP contribution in [0, 0.1) is 0 Å². The molecular formula is C25H32O4. The Bertz CT molecular complexity index is 745. The molecule has 2 aromatic rings. The predicted molar refractivity (Wildman–Crippen MR) is 114 cm³/mol. The summed E-state index contributed by atoms with van der Waals surface area (Å²) in [4.78, 5) is 12.1. The zero-order chi connectivity index (χ0) is 20.5. The minimum absolute atomic E-state index is 0.187. The summed E-state index contributed by atoms with van der Waals surface area (Å²) < 4.78 is 16.7. The lowest BCUT2D eigenvalue weighted by Crippen LogP contribution is -2.19. The number of rotatable bonds is 9. The molecule has 0 bridgehead atoms. The molecule has 1 atom stereocenters. The molecule has 0 amide bonds. The van der Waals surface area contributed by atoms with Crippen LogP contribution in [0.25, 0.3) is 0 Å². The average molecular weight is 397 g/mol. The standard InChI is InChI=1S/C25H32O4/c1-3-20-9-13-23(14-10-20)28-19(2)27-18-17-25(26)29-24-15-11-22(12-16-24)21-7-5-4-6-8-21/h9-16,19,21H,3-8,17-18H2,1-2H3. The Balaban J connectivity index is 1.36. The molecule has 0 N–H and O–H groups in total. The Hall–Kier alpha value is -2.33. The number of ether oxygens (including phenoxy) is 3. The average Bonchev–Trinajstić information content (AvgIpc) is 2.75. The van der Waals surface area contributed by atoms with Crippen LogP contribution in [0.3, 0.4) is 0 Å². The molecule has 1 saturated carbocycles. The minimum Gasteiger partial charge on any atom is -0.465 e. The van der Waals surface area contributed by atoms with E-state index < -0.39 is 6.29 Å². The van der Waals surface area contributed by atoms with Crippen molar-refractivity contribution in [2.24, 2.45) is 0 Å². The van der Waals surface area contributed by atoms with Gasteiger partial charge < -0.3 is 14.2 Å². The summed E-state index contributed by atoms with van der Waals surface area (Å²) >= 11 is 0. The normalized spacial score (nSPS) is 15.7. The van der Waals surface area contributed by atoms with E-state index in [2.05, 4.69) is 19.1 Å². The zero-order valence-electron chi connectivity index (χ0n) is 17.6. The summed E-state index contributed by atoms with van der Waals surface area (Å²) in [6, 6.07) is 15.9. The van der Waals surface area contributed by atoms with Gasteiger partial charge in [0.15, 0.2) is 6.29 Å². The maximum absolute atomic E-state index is 12.1. The third kappa shape index (κ3) is 6.90. The van der Waals surface area contributed by atoms with Gasteiger partial charge >= 0.3 is 5.97 Å². The lowest BCUT2D eigenvalue weighted by atomic mass is 9.84. The summed E-state index contributed by atoms with van der Waals surface area (Å²) in [5, 5.41) is 0. The van der Waals surface area contributed by atoms with Gasteiger partial charge in [0.25, 0.3) is 0 Å². The fourth-order valence-corrected chi connectivity index (χ4v) is 3.76. The SMILES string of the molecule is CCc1ccc(OC(C)OCCC(=O)Oc2ccc(C3CCCCC3)cc2)cc1. The van der Waals surface area contributed by atoms with Gasteiger partial charge in [0, 0.05) is 0 Å². The van der Waals surface area contributed by atoms with Crippen molar-refractivity contribution in [1.82, 2.24) is 0 Å². The van der Waals surface area contributed by atoms with Crippen molar-refractivity contribution in [2.75, 3.05) is 6.61 Å². The van der Waals surface area contributed by atoms with E-state index in [0.717, 1.165) is 12.2 Å². The molecular weight excluding hydrogens is 364 g/mol. The number of hydrogen-bond acceptors (Lipinski definition) is 4. The summed E-state index contributed by atoms with van der Waals surface area (Å²) in [6.45, 7) is 4.20. The number of aryl methyl sites for hydroxylation is 1. The molecule has 4 heteroatoms. The number of hydrogen-bond donors (Lipinski definition) is 0. The highest BCUT2D eigenvalue weighted by molar-refractivity contribution is 5.72. The quantitative estimate of drug-likeness (QED) is 0.295. The van der Waals surface area contributed by atoms with Crippen molar-refractivity contribution in [3.05, 3.63) is 59.7 Å². The Morgan fingerprint density at radius 3 is 2.28 bits per heavy atom. The van der Waals surface area contributed by atoms with E-state index in [0.29, 0.717) is 11.7 Å². The predicted octanol–water partition coefficient (Wildman–Crippen LogP) is 6.03. The largest absolute Gasteiger partial charge is 0.465 e. The number of carbonyl (C=O) groups excluding carboxylic acids is 1. The van der Waals surface area contributed by atoms with Gasteiger partial charge in [0.2, 0.25) is 0 Å². The molecule has 1 unspecified atom stereocenters. The molecule has 0 spiro atoms. The number of carbonyl (C=O) groups is 1. The van der Waals surface area contributed by atoms with Crippen LogP contribution in [-0.2, 0) is 16.0 Å². The van der Waals surface area contributed by atoms with Crippen LogP contribution in [0.5, 0.6) is 11.5 Å². The molecule has 1 fully saturated rings. The van der Waals surface area contributed by atoms with E-state index in [1.54, 1.807) is 0 Å². The fraction of sp³-hybridized carbons (Fsp3) is 0.480. The van der Waals surface area contributed by atoms with Crippen LogP contribution in [0.2, 0.25) is 0 Å². The Morgan fingerprint density at radius 1 is 0.966 bits per heavy atom. The molecule has 0 radical (unpaired) electrons. The fourth-order valence-electron chi connectivity index (χ4n) is 3.76. The van der Waals surface area contributed by atoms with Gasteiger partial charge in [0.05, 0.1) is 13.0 Å². The monoisotopic (exact) mass is 396 g/mol. The number of esters is 1. The topological polar surface area (TPSA) is 44.8 Å². The molecule has 0 aromatic heterocycles. The second kappa shape index (κ2) is 11.0. The molecule has 0 aliphatic heterocycles. The molecule has 1 aliphatic carbocycles. The first-order chi connectivity index (χ1) is 14.1. The zero-order valence-corrected chi connectivity index (χ0v) is 17.6. The van der Waals surface area contributed by atoms with Crippen LogP contribution in [0.15, 0.2) is 48.5 Å². The Labute approximate surface area is 174 Å². The van der Waals surface area contributed by atoms with E-state index in [-0.39, 0.29) is 19.0 Å². The van der Waals surface area contributed by atoms with Gasteiger partial charge in [0.1, 0.15) is 11.5 Å². The maximum atomic E-state index is 12.1. The van der Waals surface area contributed by atoms with E-state index in [9.17, 15) is 4.79 Å². The van der Waals surface area contributed by atoms with E-state index >= 15 is 0 Å². The molecule has 156 valence electrons. The van der Waals surface area contributed by atoms with Crippen molar-refractivity contribution in [3.8, 4) is 11.5 Å². The van der Waals surface area contributed by atoms with Crippen LogP contribution in [0.4, 0.5) is 0 Å². The highest BCUT2D eigenvalue weighted by atomic mass is 16.7. The lowest BCUT2D eigenvalue weighted by Gasteiger charge is -2.22. The minimum atomic E-state index is -0.426. The first-order valence-electron chi connectivity index (χ1n) is 10.8. The third-order valence-electron chi connectivity index (χ3n) is 5.48. The maximum Gasteiger partial charge on any atom is 0.313 e. The van der Waals surface area contributed by atoms with Crippen molar-refractivity contribution in [2.45, 2.75) is 71.0 Å². The van der Waals surface area contributed by atoms with Crippen LogP contribution >= 0.6 is 0 Å². The van der Waals surface area contributed by atoms with Crippen molar-refractivity contribution in [1.29, 1.82) is 0 Å². The highest BCUT2D eigenvalue weighted by Gasteiger charge is 2.15. The van der Waals surface area contributed by atoms with Crippen molar-refractivity contribution < 1.29 is 19.0 Å². The molecule has 1 aliphatic rings. The number of benzene rings is 2. The van der Waals surface area contributed by atoms with Crippen LogP contribution < -0.4 is 9.47 Å². The molecule has 0 saturated heterocycles. The molecule has 4 nitrogen and oxygen atoms in total. The summed E-state index contributed by atoms with van der Waals surface area (Å²) in [5.74, 6) is 1.71. The lowest BCUT2D eigenvalue weighted by molar-refractivity contribution is -0.138. The summed E-state index contributed by atoms with van der Waals surface area (Å²) in [5.41, 5.74) is 2.62. The second-order valence-corrected chi connectivity index (χ2v) is 7.68. The van der Waals surface area contributed by atoms with Gasteiger partial charge in [-0.2, -0.15) is 0 Å². The first-order valence-corrected chi connectivity index (χ1v) is 10.8. The molecule has 2 aromatic carbocycles. The highest BCUT2D eigenvalue weighted by Crippen LogP contribution is 2.33. The van der Waals surface area contributed by atoms with Gasteiger partial charge in [-0.25, -0.2) is 0 Å². The van der Waals surface area contributed by atoms with Crippen molar-refractivity contribution >= 4 is 5.97 Å². The van der Waals surface area contributed by atoms with Gasteiger partial charge in [-0.15, -0.1) is 0 Å². The van der Waals surface area contributed by atoms with E-state index in [1.807, 2.05) is 43.3 Å². The Kier molecular flexibility index (Phi) is 8.12. The summed E-state index contributed by atoms with van der Waals surface area (Å²) in [6.07, 6.45) is 7.26. The molecule has 29 heavy (non-hydrogen) atoms.